The molecule has 0 aromatic heterocycles. The molecular formula is C12H17BrClN3O2S. The van der Waals surface area contributed by atoms with Gasteiger partial charge in [-0.25, -0.2) is 8.42 Å². The number of nitrogens with zero attached hydrogens (tertiary/aromatic N) is 2. The molecule has 1 aromatic rings. The van der Waals surface area contributed by atoms with E-state index in [2.05, 4.69) is 20.8 Å². The maximum Gasteiger partial charge on any atom is 0.244 e. The number of likely N-dealkylation sites (N-methyl/N-ethyl adjacent to an activating group) is 1. The minimum atomic E-state index is -3.62. The summed E-state index contributed by atoms with van der Waals surface area (Å²) in [5, 5.41) is 0.217. The molecule has 2 rings (SSSR count). The minimum absolute atomic E-state index is 0.130. The number of hydrogen-bond donors (Lipinski definition) is 1. The molecule has 0 radical (unpaired) electrons. The predicted molar refractivity (Wildman–Crippen MR) is 83.4 cm³/mol. The molecule has 1 heterocycles. The maximum atomic E-state index is 12.7. The second kappa shape index (κ2) is 6.29. The quantitative estimate of drug-likeness (QED) is 0.857. The van der Waals surface area contributed by atoms with Gasteiger partial charge in [0.05, 0.1) is 11.1 Å². The highest BCUT2D eigenvalue weighted by Crippen LogP contribution is 2.29. The summed E-state index contributed by atoms with van der Waals surface area (Å²) in [7, 11) is -1.66. The summed E-state index contributed by atoms with van der Waals surface area (Å²) in [4.78, 5) is 2.21. The fourth-order valence-electron chi connectivity index (χ4n) is 2.31. The molecule has 8 heteroatoms. The lowest BCUT2D eigenvalue weighted by Gasteiger charge is -2.38. The van der Waals surface area contributed by atoms with E-state index in [-0.39, 0.29) is 22.5 Å². The van der Waals surface area contributed by atoms with Gasteiger partial charge < -0.3 is 10.6 Å². The number of piperazine rings is 1. The van der Waals surface area contributed by atoms with Crippen LogP contribution < -0.4 is 5.73 Å². The zero-order valence-electron chi connectivity index (χ0n) is 11.1. The standard InChI is InChI=1S/C12H17BrClN3O2S/c1-16-4-5-17(10(7-15)8-16)20(18,19)12-3-2-9(13)6-11(12)14/h2-3,6,10H,4-5,7-8,15H2,1H3. The SMILES string of the molecule is CN1CCN(S(=O)(=O)c2ccc(Br)cc2Cl)C(CN)C1. The molecular weight excluding hydrogens is 366 g/mol. The van der Waals surface area contributed by atoms with Crippen LogP contribution in [-0.2, 0) is 10.0 Å². The highest BCUT2D eigenvalue weighted by Gasteiger charge is 2.35. The topological polar surface area (TPSA) is 66.6 Å². The number of nitrogens with two attached hydrogens (primary N) is 1. The third kappa shape index (κ3) is 3.18. The molecule has 0 spiro atoms. The summed E-state index contributed by atoms with van der Waals surface area (Å²) < 4.78 is 27.7. The number of benzene rings is 1. The summed E-state index contributed by atoms with van der Waals surface area (Å²) in [6.45, 7) is 2.03. The van der Waals surface area contributed by atoms with Crippen molar-refractivity contribution in [3.8, 4) is 0 Å². The summed E-state index contributed by atoms with van der Waals surface area (Å²) in [6, 6.07) is 4.56. The lowest BCUT2D eigenvalue weighted by atomic mass is 10.2. The average Bonchev–Trinajstić information content (AvgIpc) is 2.37. The largest absolute Gasteiger partial charge is 0.329 e. The van der Waals surface area contributed by atoms with Gasteiger partial charge in [-0.1, -0.05) is 27.5 Å². The Balaban J connectivity index is 2.38. The van der Waals surface area contributed by atoms with E-state index in [1.54, 1.807) is 12.1 Å². The number of rotatable bonds is 3. The molecule has 1 aliphatic heterocycles. The van der Waals surface area contributed by atoms with Crippen molar-refractivity contribution in [3.05, 3.63) is 27.7 Å². The lowest BCUT2D eigenvalue weighted by Crippen LogP contribution is -2.56. The van der Waals surface area contributed by atoms with Crippen molar-refractivity contribution in [2.24, 2.45) is 5.73 Å². The van der Waals surface area contributed by atoms with Crippen LogP contribution >= 0.6 is 27.5 Å². The van der Waals surface area contributed by atoms with Crippen LogP contribution in [0.2, 0.25) is 5.02 Å². The first-order chi connectivity index (χ1) is 9.36. The molecule has 0 amide bonds. The van der Waals surface area contributed by atoms with Gasteiger partial charge in [-0.2, -0.15) is 4.31 Å². The molecule has 5 nitrogen and oxygen atoms in total. The maximum absolute atomic E-state index is 12.7. The summed E-state index contributed by atoms with van der Waals surface area (Å²) in [6.07, 6.45) is 0. The number of halogens is 2. The van der Waals surface area contributed by atoms with Crippen LogP contribution in [-0.4, -0.2) is 56.9 Å². The van der Waals surface area contributed by atoms with E-state index in [1.165, 1.54) is 10.4 Å². The fraction of sp³-hybridized carbons (Fsp3) is 0.500. The van der Waals surface area contributed by atoms with Gasteiger partial charge in [0.15, 0.2) is 0 Å². The molecule has 0 aliphatic carbocycles. The van der Waals surface area contributed by atoms with Crippen LogP contribution in [0.15, 0.2) is 27.6 Å². The average molecular weight is 383 g/mol. The molecule has 1 aliphatic rings. The monoisotopic (exact) mass is 381 g/mol. The van der Waals surface area contributed by atoms with E-state index in [4.69, 9.17) is 17.3 Å². The van der Waals surface area contributed by atoms with E-state index in [1.807, 2.05) is 7.05 Å². The molecule has 1 unspecified atom stereocenters. The highest BCUT2D eigenvalue weighted by molar-refractivity contribution is 9.10. The Morgan fingerprint density at radius 1 is 1.45 bits per heavy atom. The Hall–Kier alpha value is -0.180. The zero-order valence-corrected chi connectivity index (χ0v) is 14.2. The van der Waals surface area contributed by atoms with Gasteiger partial charge in [-0.15, -0.1) is 0 Å². The van der Waals surface area contributed by atoms with Gasteiger partial charge in [0.25, 0.3) is 0 Å². The first-order valence-corrected chi connectivity index (χ1v) is 8.83. The van der Waals surface area contributed by atoms with Crippen molar-refractivity contribution in [2.75, 3.05) is 33.2 Å². The summed E-state index contributed by atoms with van der Waals surface area (Å²) >= 11 is 9.35. The van der Waals surface area contributed by atoms with E-state index in [0.29, 0.717) is 19.6 Å². The normalized spacial score (nSPS) is 22.1. The Kier molecular flexibility index (Phi) is 5.09. The first kappa shape index (κ1) is 16.2. The van der Waals surface area contributed by atoms with Crippen molar-refractivity contribution in [1.82, 2.24) is 9.21 Å². The van der Waals surface area contributed by atoms with E-state index in [9.17, 15) is 8.42 Å². The van der Waals surface area contributed by atoms with Crippen molar-refractivity contribution >= 4 is 37.6 Å². The summed E-state index contributed by atoms with van der Waals surface area (Å²) in [5.41, 5.74) is 5.72. The van der Waals surface area contributed by atoms with Crippen LogP contribution in [0, 0.1) is 0 Å². The second-order valence-corrected chi connectivity index (χ2v) is 8.02. The molecule has 0 bridgehead atoms. The molecule has 1 aromatic carbocycles. The van der Waals surface area contributed by atoms with Crippen LogP contribution in [0.1, 0.15) is 0 Å². The van der Waals surface area contributed by atoms with Crippen molar-refractivity contribution in [2.45, 2.75) is 10.9 Å². The molecule has 1 saturated heterocycles. The lowest BCUT2D eigenvalue weighted by molar-refractivity contribution is 0.164. The predicted octanol–water partition coefficient (Wildman–Crippen LogP) is 1.37. The molecule has 2 N–H and O–H groups in total. The summed E-state index contributed by atoms with van der Waals surface area (Å²) in [5.74, 6) is 0. The zero-order chi connectivity index (χ0) is 14.9. The highest BCUT2D eigenvalue weighted by atomic mass is 79.9. The smallest absolute Gasteiger partial charge is 0.244 e. The van der Waals surface area contributed by atoms with E-state index in [0.717, 1.165) is 4.47 Å². The van der Waals surface area contributed by atoms with Gasteiger partial charge in [0.2, 0.25) is 10.0 Å². The van der Waals surface area contributed by atoms with E-state index < -0.39 is 10.0 Å². The Bertz CT molecular complexity index is 596. The van der Waals surface area contributed by atoms with Crippen molar-refractivity contribution in [1.29, 1.82) is 0 Å². The third-order valence-corrected chi connectivity index (χ3v) is 6.31. The minimum Gasteiger partial charge on any atom is -0.329 e. The molecule has 20 heavy (non-hydrogen) atoms. The van der Waals surface area contributed by atoms with Crippen molar-refractivity contribution in [3.63, 3.8) is 0 Å². The van der Waals surface area contributed by atoms with Crippen LogP contribution in [0.5, 0.6) is 0 Å². The third-order valence-electron chi connectivity index (χ3n) is 3.38. The molecule has 112 valence electrons. The molecule has 1 fully saturated rings. The van der Waals surface area contributed by atoms with Crippen LogP contribution in [0.3, 0.4) is 0 Å². The molecule has 0 saturated carbocycles. The van der Waals surface area contributed by atoms with Crippen LogP contribution in [0.4, 0.5) is 0 Å². The first-order valence-electron chi connectivity index (χ1n) is 6.21. The second-order valence-electron chi connectivity index (χ2n) is 4.84. The van der Waals surface area contributed by atoms with Crippen LogP contribution in [0.25, 0.3) is 0 Å². The Morgan fingerprint density at radius 2 is 2.15 bits per heavy atom. The van der Waals surface area contributed by atoms with Gasteiger partial charge in [-0.3, -0.25) is 0 Å². The van der Waals surface area contributed by atoms with E-state index >= 15 is 0 Å². The Labute approximate surface area is 132 Å². The molecule has 1 atom stereocenters. The van der Waals surface area contributed by atoms with Gasteiger partial charge in [0, 0.05) is 30.7 Å². The fourth-order valence-corrected chi connectivity index (χ4v) is 4.94. The van der Waals surface area contributed by atoms with Gasteiger partial charge >= 0.3 is 0 Å². The number of hydrogen-bond acceptors (Lipinski definition) is 4. The number of sulfonamides is 1. The van der Waals surface area contributed by atoms with Gasteiger partial charge in [0.1, 0.15) is 4.90 Å². The van der Waals surface area contributed by atoms with Crippen molar-refractivity contribution < 1.29 is 8.42 Å². The van der Waals surface area contributed by atoms with Gasteiger partial charge in [-0.05, 0) is 25.2 Å². The Morgan fingerprint density at radius 3 is 2.75 bits per heavy atom.